The number of ketones is 1. The van der Waals surface area contributed by atoms with Gasteiger partial charge in [-0.15, -0.1) is 0 Å². The Labute approximate surface area is 176 Å². The Kier molecular flexibility index (Phi) is 5.74. The fourth-order valence-electron chi connectivity index (χ4n) is 3.85. The molecule has 1 N–H and O–H groups in total. The van der Waals surface area contributed by atoms with E-state index in [1.807, 2.05) is 36.1 Å². The van der Waals surface area contributed by atoms with Crippen molar-refractivity contribution in [2.45, 2.75) is 39.5 Å². The molecule has 0 spiro atoms. The Hall–Kier alpha value is -3.28. The maximum absolute atomic E-state index is 13.4. The van der Waals surface area contributed by atoms with Crippen LogP contribution in [0.2, 0.25) is 0 Å². The molecule has 3 aromatic rings. The summed E-state index contributed by atoms with van der Waals surface area (Å²) in [5.41, 5.74) is 4.18. The summed E-state index contributed by atoms with van der Waals surface area (Å²) in [5.74, 6) is 0.0161. The van der Waals surface area contributed by atoms with Crippen LogP contribution in [0.1, 0.15) is 59.0 Å². The molecule has 3 heterocycles. The van der Waals surface area contributed by atoms with Gasteiger partial charge in [0.25, 0.3) is 5.91 Å². The molecular weight excluding hydrogens is 376 g/mol. The standard InChI is InChI=1S/C24H26N4O2/c1-16-7-12-20-22(27-19-10-8-18(9-11-19)17(2)29)21(15-25-23(20)26-16)24(30)28-13-5-3-4-6-14-28/h7-12,15H,3-6,13-14H2,1-2H3,(H,25,26,27). The summed E-state index contributed by atoms with van der Waals surface area (Å²) in [6, 6.07) is 11.2. The Balaban J connectivity index is 1.76. The zero-order valence-corrected chi connectivity index (χ0v) is 17.4. The fourth-order valence-corrected chi connectivity index (χ4v) is 3.85. The van der Waals surface area contributed by atoms with Crippen LogP contribution in [-0.4, -0.2) is 39.6 Å². The van der Waals surface area contributed by atoms with Crippen LogP contribution in [0.25, 0.3) is 11.0 Å². The number of likely N-dealkylation sites (tertiary alicyclic amines) is 1. The fraction of sp³-hybridized carbons (Fsp3) is 0.333. The van der Waals surface area contributed by atoms with E-state index in [0.717, 1.165) is 55.5 Å². The molecule has 1 aliphatic heterocycles. The Morgan fingerprint density at radius 3 is 2.33 bits per heavy atom. The maximum atomic E-state index is 13.4. The van der Waals surface area contributed by atoms with Crippen LogP contribution in [0.5, 0.6) is 0 Å². The summed E-state index contributed by atoms with van der Waals surface area (Å²) in [7, 11) is 0. The molecule has 1 saturated heterocycles. The van der Waals surface area contributed by atoms with Crippen molar-refractivity contribution in [1.29, 1.82) is 0 Å². The van der Waals surface area contributed by atoms with E-state index in [1.54, 1.807) is 25.3 Å². The van der Waals surface area contributed by atoms with Gasteiger partial charge in [0, 0.05) is 41.6 Å². The van der Waals surface area contributed by atoms with Gasteiger partial charge in [0.2, 0.25) is 0 Å². The van der Waals surface area contributed by atoms with Gasteiger partial charge < -0.3 is 10.2 Å². The average Bonchev–Trinajstić information content (AvgIpc) is 3.03. The number of aromatic nitrogens is 2. The lowest BCUT2D eigenvalue weighted by Crippen LogP contribution is -2.32. The number of rotatable bonds is 4. The van der Waals surface area contributed by atoms with Crippen LogP contribution in [0.4, 0.5) is 11.4 Å². The number of amides is 1. The second-order valence-electron chi connectivity index (χ2n) is 7.84. The first-order valence-corrected chi connectivity index (χ1v) is 10.5. The highest BCUT2D eigenvalue weighted by Crippen LogP contribution is 2.30. The van der Waals surface area contributed by atoms with Gasteiger partial charge in [0.1, 0.15) is 0 Å². The minimum Gasteiger partial charge on any atom is -0.354 e. The molecular formula is C24H26N4O2. The van der Waals surface area contributed by atoms with E-state index in [9.17, 15) is 9.59 Å². The van der Waals surface area contributed by atoms with Crippen LogP contribution in [0.3, 0.4) is 0 Å². The average molecular weight is 402 g/mol. The predicted octanol–water partition coefficient (Wildman–Crippen LogP) is 4.90. The van der Waals surface area contributed by atoms with Crippen molar-refractivity contribution < 1.29 is 9.59 Å². The predicted molar refractivity (Wildman–Crippen MR) is 118 cm³/mol. The second kappa shape index (κ2) is 8.61. The zero-order chi connectivity index (χ0) is 21.1. The van der Waals surface area contributed by atoms with Gasteiger partial charge >= 0.3 is 0 Å². The number of carbonyl (C=O) groups is 2. The van der Waals surface area contributed by atoms with Crippen LogP contribution < -0.4 is 5.32 Å². The largest absolute Gasteiger partial charge is 0.354 e. The lowest BCUT2D eigenvalue weighted by molar-refractivity contribution is 0.0762. The molecule has 0 atom stereocenters. The Bertz CT molecular complexity index is 1080. The first-order valence-electron chi connectivity index (χ1n) is 10.5. The molecule has 1 amide bonds. The molecule has 0 saturated carbocycles. The van der Waals surface area contributed by atoms with E-state index in [0.29, 0.717) is 22.5 Å². The van der Waals surface area contributed by atoms with Crippen molar-refractivity contribution in [3.05, 3.63) is 59.4 Å². The topological polar surface area (TPSA) is 75.2 Å². The first-order chi connectivity index (χ1) is 14.5. The van der Waals surface area contributed by atoms with Crippen molar-refractivity contribution >= 4 is 34.1 Å². The van der Waals surface area contributed by atoms with Gasteiger partial charge in [-0.25, -0.2) is 9.97 Å². The molecule has 1 fully saturated rings. The van der Waals surface area contributed by atoms with Crippen molar-refractivity contribution in [3.63, 3.8) is 0 Å². The number of benzene rings is 1. The quantitative estimate of drug-likeness (QED) is 0.628. The van der Waals surface area contributed by atoms with E-state index in [-0.39, 0.29) is 11.7 Å². The Morgan fingerprint density at radius 1 is 0.967 bits per heavy atom. The number of carbonyl (C=O) groups excluding carboxylic acids is 2. The number of hydrogen-bond acceptors (Lipinski definition) is 5. The van der Waals surface area contributed by atoms with Crippen LogP contribution >= 0.6 is 0 Å². The summed E-state index contributed by atoms with van der Waals surface area (Å²) in [5, 5.41) is 4.20. The molecule has 2 aromatic heterocycles. The van der Waals surface area contributed by atoms with Gasteiger partial charge in [0.15, 0.2) is 11.4 Å². The van der Waals surface area contributed by atoms with E-state index in [4.69, 9.17) is 0 Å². The number of anilines is 2. The molecule has 0 unspecified atom stereocenters. The van der Waals surface area contributed by atoms with E-state index < -0.39 is 0 Å². The smallest absolute Gasteiger partial charge is 0.257 e. The van der Waals surface area contributed by atoms with Gasteiger partial charge in [0.05, 0.1) is 11.3 Å². The van der Waals surface area contributed by atoms with Gasteiger partial charge in [-0.2, -0.15) is 0 Å². The molecule has 4 rings (SSSR count). The molecule has 154 valence electrons. The third-order valence-electron chi connectivity index (χ3n) is 5.55. The van der Waals surface area contributed by atoms with Gasteiger partial charge in [-0.05, 0) is 63.1 Å². The lowest BCUT2D eigenvalue weighted by atomic mass is 10.1. The van der Waals surface area contributed by atoms with Crippen LogP contribution in [0.15, 0.2) is 42.6 Å². The van der Waals surface area contributed by atoms with Crippen LogP contribution in [-0.2, 0) is 0 Å². The molecule has 30 heavy (non-hydrogen) atoms. The summed E-state index contributed by atoms with van der Waals surface area (Å²) in [6.45, 7) is 5.02. The third-order valence-corrected chi connectivity index (χ3v) is 5.55. The number of nitrogens with one attached hydrogen (secondary N) is 1. The number of fused-ring (bicyclic) bond motifs is 1. The SMILES string of the molecule is CC(=O)c1ccc(Nc2c(C(=O)N3CCCCCC3)cnc3nc(C)ccc23)cc1. The molecule has 6 nitrogen and oxygen atoms in total. The molecule has 0 bridgehead atoms. The van der Waals surface area contributed by atoms with Gasteiger partial charge in [-0.1, -0.05) is 12.8 Å². The summed E-state index contributed by atoms with van der Waals surface area (Å²) < 4.78 is 0. The van der Waals surface area contributed by atoms with Crippen molar-refractivity contribution in [1.82, 2.24) is 14.9 Å². The van der Waals surface area contributed by atoms with E-state index >= 15 is 0 Å². The van der Waals surface area contributed by atoms with Crippen LogP contribution in [0, 0.1) is 6.92 Å². The molecule has 6 heteroatoms. The minimum absolute atomic E-state index is 0.00488. The second-order valence-corrected chi connectivity index (χ2v) is 7.84. The molecule has 1 aromatic carbocycles. The highest BCUT2D eigenvalue weighted by Gasteiger charge is 2.22. The number of nitrogens with zero attached hydrogens (tertiary/aromatic N) is 3. The number of hydrogen-bond donors (Lipinski definition) is 1. The summed E-state index contributed by atoms with van der Waals surface area (Å²) in [4.78, 5) is 35.9. The highest BCUT2D eigenvalue weighted by molar-refractivity contribution is 6.07. The first kappa shape index (κ1) is 20.0. The monoisotopic (exact) mass is 402 g/mol. The highest BCUT2D eigenvalue weighted by atomic mass is 16.2. The number of aryl methyl sites for hydroxylation is 1. The van der Waals surface area contributed by atoms with Crippen molar-refractivity contribution in [2.24, 2.45) is 0 Å². The lowest BCUT2D eigenvalue weighted by Gasteiger charge is -2.22. The van der Waals surface area contributed by atoms with E-state index in [1.165, 1.54) is 0 Å². The zero-order valence-electron chi connectivity index (χ0n) is 17.4. The van der Waals surface area contributed by atoms with Crippen molar-refractivity contribution in [3.8, 4) is 0 Å². The molecule has 0 radical (unpaired) electrons. The normalized spacial score (nSPS) is 14.4. The summed E-state index contributed by atoms with van der Waals surface area (Å²) in [6.07, 6.45) is 6.02. The Morgan fingerprint density at radius 2 is 1.67 bits per heavy atom. The maximum Gasteiger partial charge on any atom is 0.257 e. The molecule has 1 aliphatic rings. The molecule has 0 aliphatic carbocycles. The summed E-state index contributed by atoms with van der Waals surface area (Å²) >= 11 is 0. The number of pyridine rings is 2. The van der Waals surface area contributed by atoms with Crippen molar-refractivity contribution in [2.75, 3.05) is 18.4 Å². The van der Waals surface area contributed by atoms with E-state index in [2.05, 4.69) is 15.3 Å². The third kappa shape index (κ3) is 4.17. The minimum atomic E-state index is -0.00488. The van der Waals surface area contributed by atoms with Gasteiger partial charge in [-0.3, -0.25) is 9.59 Å². The number of Topliss-reactive ketones (excluding diaryl/α,β-unsaturated/α-hetero) is 1.